The highest BCUT2D eigenvalue weighted by atomic mass is 19.1. The van der Waals surface area contributed by atoms with Crippen LogP contribution in [0, 0.1) is 17.1 Å². The summed E-state index contributed by atoms with van der Waals surface area (Å²) in [6.07, 6.45) is -0.610. The minimum absolute atomic E-state index is 0.0101. The second-order valence-electron chi connectivity index (χ2n) is 4.52. The standard InChI is InChI=1S/C13H14F2N2O/c14-11-4-12(8-18)17(7-11)6-9-1-2-13(15)10(3-9)5-16/h1-3,11-12,18H,4,6-8H2/t11-,12-/m0/s1. The van der Waals surface area contributed by atoms with Gasteiger partial charge < -0.3 is 5.11 Å². The Morgan fingerprint density at radius 3 is 2.94 bits per heavy atom. The SMILES string of the molecule is N#Cc1cc(CN2C[C@@H](F)C[C@H]2CO)ccc1F. The Kier molecular flexibility index (Phi) is 3.90. The highest BCUT2D eigenvalue weighted by Crippen LogP contribution is 2.23. The van der Waals surface area contributed by atoms with Crippen molar-refractivity contribution in [3.05, 3.63) is 35.1 Å². The van der Waals surface area contributed by atoms with Gasteiger partial charge in [-0.2, -0.15) is 5.26 Å². The molecule has 1 heterocycles. The number of likely N-dealkylation sites (tertiary alicyclic amines) is 1. The van der Waals surface area contributed by atoms with E-state index >= 15 is 0 Å². The van der Waals surface area contributed by atoms with Crippen LogP contribution in [0.15, 0.2) is 18.2 Å². The molecule has 18 heavy (non-hydrogen) atoms. The van der Waals surface area contributed by atoms with Crippen LogP contribution in [0.3, 0.4) is 0 Å². The van der Waals surface area contributed by atoms with Crippen molar-refractivity contribution >= 4 is 0 Å². The molecule has 96 valence electrons. The third kappa shape index (κ3) is 2.66. The first-order valence-electron chi connectivity index (χ1n) is 5.81. The van der Waals surface area contributed by atoms with Crippen LogP contribution >= 0.6 is 0 Å². The van der Waals surface area contributed by atoms with Crippen LogP contribution in [-0.4, -0.2) is 35.4 Å². The van der Waals surface area contributed by atoms with Gasteiger partial charge in [-0.25, -0.2) is 8.78 Å². The van der Waals surface area contributed by atoms with E-state index in [0.717, 1.165) is 5.56 Å². The van der Waals surface area contributed by atoms with Crippen molar-refractivity contribution in [1.82, 2.24) is 4.90 Å². The maximum absolute atomic E-state index is 13.3. The Bertz CT molecular complexity index is 473. The maximum atomic E-state index is 13.3. The molecule has 0 aliphatic carbocycles. The largest absolute Gasteiger partial charge is 0.395 e. The lowest BCUT2D eigenvalue weighted by atomic mass is 10.1. The zero-order valence-electron chi connectivity index (χ0n) is 9.81. The molecule has 3 nitrogen and oxygen atoms in total. The van der Waals surface area contributed by atoms with Gasteiger partial charge in [-0.15, -0.1) is 0 Å². The van der Waals surface area contributed by atoms with E-state index in [4.69, 9.17) is 10.4 Å². The summed E-state index contributed by atoms with van der Waals surface area (Å²) >= 11 is 0. The van der Waals surface area contributed by atoms with Gasteiger partial charge in [0.05, 0.1) is 12.2 Å². The van der Waals surface area contributed by atoms with Crippen molar-refractivity contribution in [2.45, 2.75) is 25.2 Å². The molecule has 5 heteroatoms. The fraction of sp³-hybridized carbons (Fsp3) is 0.462. The summed E-state index contributed by atoms with van der Waals surface area (Å²) in [6.45, 7) is 0.595. The number of halogens is 2. The number of benzene rings is 1. The molecular weight excluding hydrogens is 238 g/mol. The summed E-state index contributed by atoms with van der Waals surface area (Å²) in [5.41, 5.74) is 0.740. The number of rotatable bonds is 3. The molecule has 2 atom stereocenters. The summed E-state index contributed by atoms with van der Waals surface area (Å²) in [6, 6.07) is 5.87. The molecule has 1 aliphatic heterocycles. The van der Waals surface area contributed by atoms with E-state index in [9.17, 15) is 8.78 Å². The molecule has 1 N–H and O–H groups in total. The second-order valence-corrected chi connectivity index (χ2v) is 4.52. The molecular formula is C13H14F2N2O. The molecule has 0 aromatic heterocycles. The summed E-state index contributed by atoms with van der Waals surface area (Å²) in [4.78, 5) is 1.82. The minimum Gasteiger partial charge on any atom is -0.395 e. The average Bonchev–Trinajstić information content (AvgIpc) is 2.72. The predicted octanol–water partition coefficient (Wildman–Crippen LogP) is 1.60. The van der Waals surface area contributed by atoms with E-state index in [-0.39, 0.29) is 24.8 Å². The van der Waals surface area contributed by atoms with Crippen molar-refractivity contribution < 1.29 is 13.9 Å². The predicted molar refractivity (Wildman–Crippen MR) is 61.9 cm³/mol. The van der Waals surface area contributed by atoms with E-state index in [1.807, 2.05) is 4.90 Å². The van der Waals surface area contributed by atoms with E-state index in [2.05, 4.69) is 0 Å². The first-order chi connectivity index (χ1) is 8.63. The molecule has 1 aromatic rings. The molecule has 1 saturated heterocycles. The molecule has 0 bridgehead atoms. The van der Waals surface area contributed by atoms with Crippen LogP contribution in [-0.2, 0) is 6.54 Å². The van der Waals surface area contributed by atoms with Gasteiger partial charge in [0.25, 0.3) is 0 Å². The Balaban J connectivity index is 2.12. The number of aliphatic hydroxyl groups excluding tert-OH is 1. The van der Waals surface area contributed by atoms with E-state index in [1.165, 1.54) is 12.1 Å². The lowest BCUT2D eigenvalue weighted by Crippen LogP contribution is -2.31. The summed E-state index contributed by atoms with van der Waals surface area (Å²) < 4.78 is 26.4. The quantitative estimate of drug-likeness (QED) is 0.889. The molecule has 0 saturated carbocycles. The highest BCUT2D eigenvalue weighted by Gasteiger charge is 2.31. The Morgan fingerprint density at radius 1 is 1.50 bits per heavy atom. The van der Waals surface area contributed by atoms with Crippen molar-refractivity contribution in [2.24, 2.45) is 0 Å². The van der Waals surface area contributed by atoms with Crippen molar-refractivity contribution in [2.75, 3.05) is 13.2 Å². The fourth-order valence-electron chi connectivity index (χ4n) is 2.30. The van der Waals surface area contributed by atoms with Crippen LogP contribution in [0.4, 0.5) is 8.78 Å². The highest BCUT2D eigenvalue weighted by molar-refractivity contribution is 5.34. The van der Waals surface area contributed by atoms with Crippen LogP contribution in [0.25, 0.3) is 0 Å². The van der Waals surface area contributed by atoms with E-state index < -0.39 is 12.0 Å². The normalized spacial score (nSPS) is 24.1. The van der Waals surface area contributed by atoms with Crippen LogP contribution in [0.5, 0.6) is 0 Å². The van der Waals surface area contributed by atoms with Gasteiger partial charge in [-0.05, 0) is 24.1 Å². The van der Waals surface area contributed by atoms with Crippen molar-refractivity contribution in [3.8, 4) is 6.07 Å². The van der Waals surface area contributed by atoms with Gasteiger partial charge in [0.1, 0.15) is 18.1 Å². The van der Waals surface area contributed by atoms with E-state index in [1.54, 1.807) is 12.1 Å². The maximum Gasteiger partial charge on any atom is 0.140 e. The molecule has 1 fully saturated rings. The second kappa shape index (κ2) is 5.42. The Labute approximate surface area is 104 Å². The van der Waals surface area contributed by atoms with Gasteiger partial charge >= 0.3 is 0 Å². The van der Waals surface area contributed by atoms with E-state index in [0.29, 0.717) is 13.0 Å². The molecule has 0 amide bonds. The van der Waals surface area contributed by atoms with Crippen LogP contribution in [0.1, 0.15) is 17.5 Å². The number of nitriles is 1. The summed E-state index contributed by atoms with van der Waals surface area (Å²) in [5.74, 6) is -0.551. The smallest absolute Gasteiger partial charge is 0.140 e. The first-order valence-corrected chi connectivity index (χ1v) is 5.81. The zero-order valence-corrected chi connectivity index (χ0v) is 9.81. The third-order valence-electron chi connectivity index (χ3n) is 3.22. The Morgan fingerprint density at radius 2 is 2.28 bits per heavy atom. The van der Waals surface area contributed by atoms with Gasteiger partial charge in [0.2, 0.25) is 0 Å². The number of nitrogens with zero attached hydrogens (tertiary/aromatic N) is 2. The van der Waals surface area contributed by atoms with Gasteiger partial charge in [0, 0.05) is 19.1 Å². The third-order valence-corrected chi connectivity index (χ3v) is 3.22. The van der Waals surface area contributed by atoms with Crippen molar-refractivity contribution in [1.29, 1.82) is 5.26 Å². The molecule has 1 aromatic carbocycles. The Hall–Kier alpha value is -1.51. The van der Waals surface area contributed by atoms with Gasteiger partial charge in [0.15, 0.2) is 0 Å². The van der Waals surface area contributed by atoms with Gasteiger partial charge in [-0.1, -0.05) is 6.07 Å². The molecule has 0 unspecified atom stereocenters. The summed E-state index contributed by atoms with van der Waals surface area (Å²) in [5, 5.41) is 17.9. The first kappa shape index (κ1) is 12.9. The fourth-order valence-corrected chi connectivity index (χ4v) is 2.30. The minimum atomic E-state index is -0.932. The molecule has 0 spiro atoms. The van der Waals surface area contributed by atoms with Crippen LogP contribution < -0.4 is 0 Å². The lowest BCUT2D eigenvalue weighted by Gasteiger charge is -2.22. The topological polar surface area (TPSA) is 47.3 Å². The van der Waals surface area contributed by atoms with Crippen molar-refractivity contribution in [3.63, 3.8) is 0 Å². The zero-order chi connectivity index (χ0) is 13.1. The van der Waals surface area contributed by atoms with Crippen LogP contribution in [0.2, 0.25) is 0 Å². The number of hydrogen-bond acceptors (Lipinski definition) is 3. The molecule has 0 radical (unpaired) electrons. The molecule has 1 aliphatic rings. The lowest BCUT2D eigenvalue weighted by molar-refractivity contribution is 0.153. The number of hydrogen-bond donors (Lipinski definition) is 1. The number of alkyl halides is 1. The number of aliphatic hydroxyl groups is 1. The average molecular weight is 252 g/mol. The van der Waals surface area contributed by atoms with Gasteiger partial charge in [-0.3, -0.25) is 4.90 Å². The summed E-state index contributed by atoms with van der Waals surface area (Å²) in [7, 11) is 0. The monoisotopic (exact) mass is 252 g/mol. The molecule has 2 rings (SSSR count).